The van der Waals surface area contributed by atoms with Gasteiger partial charge in [-0.05, 0) is 49.5 Å². The molecule has 3 rings (SSSR count). The van der Waals surface area contributed by atoms with Gasteiger partial charge in [-0.2, -0.15) is 0 Å². The minimum atomic E-state index is -0.229. The third-order valence-corrected chi connectivity index (χ3v) is 5.38. The number of hydrogen-bond acceptors (Lipinski definition) is 4. The Balaban J connectivity index is 1.60. The van der Waals surface area contributed by atoms with Crippen molar-refractivity contribution in [3.63, 3.8) is 0 Å². The number of likely N-dealkylation sites (N-methyl/N-ethyl adjacent to an activating group) is 1. The van der Waals surface area contributed by atoms with E-state index in [1.165, 1.54) is 0 Å². The van der Waals surface area contributed by atoms with Gasteiger partial charge in [0, 0.05) is 37.1 Å². The lowest BCUT2D eigenvalue weighted by Crippen LogP contribution is -2.36. The number of ether oxygens (including phenoxy) is 1. The van der Waals surface area contributed by atoms with Gasteiger partial charge < -0.3 is 24.8 Å². The van der Waals surface area contributed by atoms with E-state index in [1.54, 1.807) is 7.11 Å². The lowest BCUT2D eigenvalue weighted by atomic mass is 10.1. The molecule has 1 unspecified atom stereocenters. The number of carbonyl (C=O) groups is 1. The summed E-state index contributed by atoms with van der Waals surface area (Å²) in [6.45, 7) is 5.46. The normalized spacial score (nSPS) is 12.1. The number of imidazole rings is 1. The van der Waals surface area contributed by atoms with Gasteiger partial charge >= 0.3 is 6.03 Å². The maximum Gasteiger partial charge on any atom is 0.319 e. The fourth-order valence-electron chi connectivity index (χ4n) is 3.69. The lowest BCUT2D eigenvalue weighted by molar-refractivity contribution is 0.243. The van der Waals surface area contributed by atoms with E-state index in [9.17, 15) is 4.79 Å². The van der Waals surface area contributed by atoms with Crippen LogP contribution in [0.5, 0.6) is 5.75 Å². The van der Waals surface area contributed by atoms with Gasteiger partial charge in [-0.15, -0.1) is 0 Å². The molecule has 0 saturated carbocycles. The maximum absolute atomic E-state index is 12.6. The number of hydrogen-bond donors (Lipinski definition) is 2. The zero-order valence-corrected chi connectivity index (χ0v) is 19.5. The Morgan fingerprint density at radius 2 is 1.91 bits per heavy atom. The summed E-state index contributed by atoms with van der Waals surface area (Å²) in [5.41, 5.74) is 2.98. The Morgan fingerprint density at radius 3 is 2.56 bits per heavy atom. The molecule has 0 aliphatic carbocycles. The van der Waals surface area contributed by atoms with Gasteiger partial charge in [-0.1, -0.05) is 38.1 Å². The van der Waals surface area contributed by atoms with Crippen LogP contribution >= 0.6 is 0 Å². The molecule has 7 nitrogen and oxygen atoms in total. The molecule has 1 atom stereocenters. The van der Waals surface area contributed by atoms with Crippen molar-refractivity contribution >= 4 is 11.7 Å². The van der Waals surface area contributed by atoms with Crippen LogP contribution in [0.3, 0.4) is 0 Å². The first-order valence-electron chi connectivity index (χ1n) is 10.8. The molecule has 7 heteroatoms. The van der Waals surface area contributed by atoms with Crippen LogP contribution in [0.25, 0.3) is 0 Å². The minimum absolute atomic E-state index is 0.0497. The van der Waals surface area contributed by atoms with Crippen molar-refractivity contribution in [2.45, 2.75) is 32.4 Å². The smallest absolute Gasteiger partial charge is 0.319 e. The largest absolute Gasteiger partial charge is 0.497 e. The summed E-state index contributed by atoms with van der Waals surface area (Å²) in [4.78, 5) is 19.1. The van der Waals surface area contributed by atoms with Crippen molar-refractivity contribution in [1.29, 1.82) is 0 Å². The molecule has 0 radical (unpaired) electrons. The highest BCUT2D eigenvalue weighted by molar-refractivity contribution is 5.89. The van der Waals surface area contributed by atoms with Crippen molar-refractivity contribution in [3.05, 3.63) is 77.9 Å². The number of anilines is 1. The van der Waals surface area contributed by atoms with Crippen molar-refractivity contribution < 1.29 is 9.53 Å². The number of urea groups is 1. The standard InChI is InChI=1S/C25H33N5O2/c1-18(2)24-26-13-14-30(24)17-19-7-6-8-21(15-19)28-25(31)27-16-23(29(3)4)20-9-11-22(32-5)12-10-20/h6-15,18,23H,16-17H2,1-5H3,(H2,27,28,31). The van der Waals surface area contributed by atoms with Crippen molar-refractivity contribution in [1.82, 2.24) is 19.8 Å². The Labute approximate surface area is 190 Å². The second-order valence-electron chi connectivity index (χ2n) is 8.36. The highest BCUT2D eigenvalue weighted by Gasteiger charge is 2.16. The fourth-order valence-corrected chi connectivity index (χ4v) is 3.69. The molecular formula is C25H33N5O2. The maximum atomic E-state index is 12.6. The quantitative estimate of drug-likeness (QED) is 0.520. The van der Waals surface area contributed by atoms with E-state index >= 15 is 0 Å². The van der Waals surface area contributed by atoms with Crippen molar-refractivity contribution in [3.8, 4) is 5.75 Å². The van der Waals surface area contributed by atoms with E-state index in [0.717, 1.165) is 28.4 Å². The summed E-state index contributed by atoms with van der Waals surface area (Å²) in [5.74, 6) is 2.22. The molecule has 0 aliphatic heterocycles. The molecule has 2 N–H and O–H groups in total. The van der Waals surface area contributed by atoms with Crippen LogP contribution in [0.2, 0.25) is 0 Å². The van der Waals surface area contributed by atoms with Gasteiger partial charge in [0.25, 0.3) is 0 Å². The molecule has 1 aromatic heterocycles. The molecule has 2 amide bonds. The Kier molecular flexibility index (Phi) is 7.89. The highest BCUT2D eigenvalue weighted by Crippen LogP contribution is 2.21. The molecule has 0 bridgehead atoms. The second-order valence-corrected chi connectivity index (χ2v) is 8.36. The van der Waals surface area contributed by atoms with Gasteiger partial charge in [0.05, 0.1) is 13.2 Å². The third-order valence-electron chi connectivity index (χ3n) is 5.38. The molecule has 0 fully saturated rings. The molecule has 1 heterocycles. The molecule has 0 aliphatic rings. The summed E-state index contributed by atoms with van der Waals surface area (Å²) in [7, 11) is 5.65. The van der Waals surface area contributed by atoms with Crippen LogP contribution in [-0.4, -0.2) is 48.2 Å². The van der Waals surface area contributed by atoms with E-state index in [2.05, 4.69) is 45.0 Å². The van der Waals surface area contributed by atoms with E-state index in [0.29, 0.717) is 19.0 Å². The topological polar surface area (TPSA) is 71.4 Å². The number of nitrogens with one attached hydrogen (secondary N) is 2. The summed E-state index contributed by atoms with van der Waals surface area (Å²) >= 11 is 0. The summed E-state index contributed by atoms with van der Waals surface area (Å²) in [6.07, 6.45) is 3.82. The zero-order valence-electron chi connectivity index (χ0n) is 19.5. The predicted octanol–water partition coefficient (Wildman–Crippen LogP) is 4.49. The van der Waals surface area contributed by atoms with E-state index < -0.39 is 0 Å². The first-order valence-corrected chi connectivity index (χ1v) is 10.8. The van der Waals surface area contributed by atoms with E-state index in [1.807, 2.05) is 69.0 Å². The van der Waals surface area contributed by atoms with Gasteiger partial charge in [0.2, 0.25) is 0 Å². The first kappa shape index (κ1) is 23.3. The van der Waals surface area contributed by atoms with Crippen LogP contribution in [0.4, 0.5) is 10.5 Å². The van der Waals surface area contributed by atoms with Crippen LogP contribution in [-0.2, 0) is 6.54 Å². The minimum Gasteiger partial charge on any atom is -0.497 e. The van der Waals surface area contributed by atoms with Gasteiger partial charge in [0.1, 0.15) is 11.6 Å². The Hall–Kier alpha value is -3.32. The van der Waals surface area contributed by atoms with Gasteiger partial charge in [0.15, 0.2) is 0 Å². The Bertz CT molecular complexity index is 1010. The zero-order chi connectivity index (χ0) is 23.1. The summed E-state index contributed by atoms with van der Waals surface area (Å²) in [5, 5.41) is 5.94. The van der Waals surface area contributed by atoms with Crippen LogP contribution in [0, 0.1) is 0 Å². The van der Waals surface area contributed by atoms with E-state index in [-0.39, 0.29) is 12.1 Å². The number of nitrogens with zero attached hydrogens (tertiary/aromatic N) is 3. The Morgan fingerprint density at radius 1 is 1.16 bits per heavy atom. The third kappa shape index (κ3) is 6.11. The van der Waals surface area contributed by atoms with Crippen LogP contribution < -0.4 is 15.4 Å². The highest BCUT2D eigenvalue weighted by atomic mass is 16.5. The van der Waals surface area contributed by atoms with Crippen molar-refractivity contribution in [2.75, 3.05) is 33.1 Å². The number of carbonyl (C=O) groups excluding carboxylic acids is 1. The number of methoxy groups -OCH3 is 1. The van der Waals surface area contributed by atoms with E-state index in [4.69, 9.17) is 4.74 Å². The molecule has 2 aromatic carbocycles. The molecule has 3 aromatic rings. The summed E-state index contributed by atoms with van der Waals surface area (Å²) in [6, 6.07) is 15.6. The number of rotatable bonds is 9. The predicted molar refractivity (Wildman–Crippen MR) is 128 cm³/mol. The van der Waals surface area contributed by atoms with Crippen LogP contribution in [0.1, 0.15) is 42.8 Å². The molecule has 0 saturated heterocycles. The van der Waals surface area contributed by atoms with Crippen molar-refractivity contribution in [2.24, 2.45) is 0 Å². The molecule has 0 spiro atoms. The number of aromatic nitrogens is 2. The van der Waals surface area contributed by atoms with Crippen LogP contribution in [0.15, 0.2) is 60.9 Å². The summed E-state index contributed by atoms with van der Waals surface area (Å²) < 4.78 is 7.38. The SMILES string of the molecule is COc1ccc(C(CNC(=O)Nc2cccc(Cn3ccnc3C(C)C)c2)N(C)C)cc1. The van der Waals surface area contributed by atoms with Gasteiger partial charge in [-0.3, -0.25) is 0 Å². The monoisotopic (exact) mass is 435 g/mol. The molecule has 32 heavy (non-hydrogen) atoms. The fraction of sp³-hybridized carbons (Fsp3) is 0.360. The van der Waals surface area contributed by atoms with Gasteiger partial charge in [-0.25, -0.2) is 9.78 Å². The molecule has 170 valence electrons. The second kappa shape index (κ2) is 10.8. The molecular weight excluding hydrogens is 402 g/mol. The average molecular weight is 436 g/mol. The lowest BCUT2D eigenvalue weighted by Gasteiger charge is -2.25. The number of amides is 2. The number of benzene rings is 2. The first-order chi connectivity index (χ1) is 15.4. The average Bonchev–Trinajstić information content (AvgIpc) is 3.23.